The molecule has 0 amide bonds. The first kappa shape index (κ1) is 14.0. The van der Waals surface area contributed by atoms with Crippen molar-refractivity contribution in [2.24, 2.45) is 0 Å². The highest BCUT2D eigenvalue weighted by molar-refractivity contribution is 9.10. The number of hydrogen-bond donors (Lipinski definition) is 2. The first-order valence-electron chi connectivity index (χ1n) is 5.41. The van der Waals surface area contributed by atoms with Gasteiger partial charge in [0.05, 0.1) is 6.54 Å². The molecule has 100 valence electrons. The van der Waals surface area contributed by atoms with E-state index in [2.05, 4.69) is 21.0 Å². The molecule has 0 saturated carbocycles. The van der Waals surface area contributed by atoms with Crippen molar-refractivity contribution >= 4 is 39.5 Å². The number of benzene rings is 1. The molecule has 0 aliphatic rings. The zero-order valence-corrected chi connectivity index (χ0v) is 12.5. The van der Waals surface area contributed by atoms with Gasteiger partial charge in [0.1, 0.15) is 16.4 Å². The third-order valence-corrected chi connectivity index (χ3v) is 3.81. The summed E-state index contributed by atoms with van der Waals surface area (Å²) in [5.74, 6) is -0.872. The summed E-state index contributed by atoms with van der Waals surface area (Å²) in [4.78, 5) is 11.2. The van der Waals surface area contributed by atoms with Gasteiger partial charge in [0.2, 0.25) is 0 Å². The van der Waals surface area contributed by atoms with Crippen molar-refractivity contribution in [1.82, 2.24) is 9.78 Å². The lowest BCUT2D eigenvalue weighted by atomic mass is 10.2. The zero-order chi connectivity index (χ0) is 14.0. The average molecular weight is 342 g/mol. The van der Waals surface area contributed by atoms with Crippen molar-refractivity contribution in [3.05, 3.63) is 39.9 Å². The van der Waals surface area contributed by atoms with Gasteiger partial charge >= 0.3 is 5.97 Å². The molecular formula is C12H12BrN3O2S. The normalized spacial score (nSPS) is 10.6. The molecule has 3 N–H and O–H groups in total. The minimum absolute atomic E-state index is 0.0737. The lowest BCUT2D eigenvalue weighted by molar-refractivity contribution is 0.0694. The minimum atomic E-state index is -1.05. The average Bonchev–Trinajstić information content (AvgIpc) is 2.69. The number of nitrogen functional groups attached to an aromatic ring is 1. The van der Waals surface area contributed by atoms with Crippen molar-refractivity contribution in [3.63, 3.8) is 0 Å². The number of aromatic nitrogens is 2. The quantitative estimate of drug-likeness (QED) is 0.835. The van der Waals surface area contributed by atoms with E-state index in [-0.39, 0.29) is 11.4 Å². The van der Waals surface area contributed by atoms with Crippen LogP contribution in [0.25, 0.3) is 0 Å². The standard InChI is InChI=1S/C12H12BrN3O2S/c1-19-11-9(12(17)18)10(14)16(15-11)6-7-2-4-8(13)5-3-7/h2-5H,6,14H2,1H3,(H,17,18). The van der Waals surface area contributed by atoms with Crippen LogP contribution in [0, 0.1) is 0 Å². The van der Waals surface area contributed by atoms with Crippen LogP contribution in [0.2, 0.25) is 0 Å². The van der Waals surface area contributed by atoms with Crippen LogP contribution in [0.4, 0.5) is 5.82 Å². The number of thioether (sulfide) groups is 1. The molecule has 0 unspecified atom stereocenters. The van der Waals surface area contributed by atoms with Crippen LogP contribution < -0.4 is 5.73 Å². The second-order valence-electron chi connectivity index (χ2n) is 3.86. The summed E-state index contributed by atoms with van der Waals surface area (Å²) in [5, 5.41) is 13.8. The lowest BCUT2D eigenvalue weighted by Gasteiger charge is -2.04. The fourth-order valence-corrected chi connectivity index (χ4v) is 2.52. The Morgan fingerprint density at radius 3 is 2.58 bits per heavy atom. The molecule has 2 aromatic rings. The molecule has 1 aromatic carbocycles. The van der Waals surface area contributed by atoms with Crippen LogP contribution in [0.15, 0.2) is 33.8 Å². The van der Waals surface area contributed by atoms with E-state index in [4.69, 9.17) is 10.8 Å². The fourth-order valence-electron chi connectivity index (χ4n) is 1.68. The van der Waals surface area contributed by atoms with Crippen molar-refractivity contribution in [2.45, 2.75) is 11.6 Å². The van der Waals surface area contributed by atoms with Crippen molar-refractivity contribution in [1.29, 1.82) is 0 Å². The van der Waals surface area contributed by atoms with Crippen LogP contribution in [-0.4, -0.2) is 27.1 Å². The maximum Gasteiger partial charge on any atom is 0.342 e. The molecule has 0 fully saturated rings. The number of rotatable bonds is 4. The van der Waals surface area contributed by atoms with Gasteiger partial charge in [0.15, 0.2) is 0 Å². The highest BCUT2D eigenvalue weighted by Crippen LogP contribution is 2.25. The number of anilines is 1. The van der Waals surface area contributed by atoms with E-state index in [0.717, 1.165) is 10.0 Å². The number of carbonyl (C=O) groups is 1. The molecule has 0 aliphatic carbocycles. The number of nitrogens with zero attached hydrogens (tertiary/aromatic N) is 2. The van der Waals surface area contributed by atoms with Crippen LogP contribution in [0.3, 0.4) is 0 Å². The maximum absolute atomic E-state index is 11.2. The molecule has 19 heavy (non-hydrogen) atoms. The minimum Gasteiger partial charge on any atom is -0.477 e. The Bertz CT molecular complexity index is 610. The van der Waals surface area contributed by atoms with Gasteiger partial charge in [-0.3, -0.25) is 0 Å². The summed E-state index contributed by atoms with van der Waals surface area (Å²) in [6.45, 7) is 0.444. The van der Waals surface area contributed by atoms with E-state index >= 15 is 0 Å². The molecule has 0 radical (unpaired) electrons. The Kier molecular flexibility index (Phi) is 4.16. The van der Waals surface area contributed by atoms with E-state index in [9.17, 15) is 4.79 Å². The number of hydrogen-bond acceptors (Lipinski definition) is 4. The summed E-state index contributed by atoms with van der Waals surface area (Å²) in [7, 11) is 0. The lowest BCUT2D eigenvalue weighted by Crippen LogP contribution is -2.08. The Balaban J connectivity index is 2.35. The predicted octanol–water partition coefficient (Wildman–Crippen LogP) is 2.70. The van der Waals surface area contributed by atoms with Gasteiger partial charge < -0.3 is 10.8 Å². The predicted molar refractivity (Wildman–Crippen MR) is 78.6 cm³/mol. The number of carboxylic acid groups (broad SMARTS) is 1. The highest BCUT2D eigenvalue weighted by Gasteiger charge is 2.20. The summed E-state index contributed by atoms with van der Waals surface area (Å²) in [6.07, 6.45) is 1.78. The summed E-state index contributed by atoms with van der Waals surface area (Å²) < 4.78 is 2.50. The maximum atomic E-state index is 11.2. The van der Waals surface area contributed by atoms with Gasteiger partial charge in [-0.2, -0.15) is 5.10 Å². The van der Waals surface area contributed by atoms with Gasteiger partial charge in [0, 0.05) is 4.47 Å². The fraction of sp³-hybridized carbons (Fsp3) is 0.167. The first-order valence-corrected chi connectivity index (χ1v) is 7.42. The first-order chi connectivity index (χ1) is 9.02. The summed E-state index contributed by atoms with van der Waals surface area (Å²) >= 11 is 4.63. The van der Waals surface area contributed by atoms with Crippen LogP contribution in [-0.2, 0) is 6.54 Å². The number of nitrogens with two attached hydrogens (primary N) is 1. The van der Waals surface area contributed by atoms with Gasteiger partial charge in [0.25, 0.3) is 0 Å². The zero-order valence-electron chi connectivity index (χ0n) is 10.1. The largest absolute Gasteiger partial charge is 0.477 e. The molecule has 2 rings (SSSR count). The summed E-state index contributed by atoms with van der Waals surface area (Å²) in [6, 6.07) is 7.71. The number of halogens is 1. The van der Waals surface area contributed by atoms with E-state index in [1.807, 2.05) is 24.3 Å². The third-order valence-electron chi connectivity index (χ3n) is 2.61. The van der Waals surface area contributed by atoms with Crippen molar-refractivity contribution in [2.75, 3.05) is 12.0 Å². The Labute approximate surface area is 122 Å². The molecule has 0 bridgehead atoms. The highest BCUT2D eigenvalue weighted by atomic mass is 79.9. The molecule has 1 heterocycles. The topological polar surface area (TPSA) is 81.1 Å². The molecule has 0 aliphatic heterocycles. The molecule has 7 heteroatoms. The van der Waals surface area contributed by atoms with Crippen LogP contribution in [0.1, 0.15) is 15.9 Å². The monoisotopic (exact) mass is 341 g/mol. The second-order valence-corrected chi connectivity index (χ2v) is 5.57. The molecule has 0 atom stereocenters. The number of aromatic carboxylic acids is 1. The van der Waals surface area contributed by atoms with Gasteiger partial charge in [-0.25, -0.2) is 9.48 Å². The second kappa shape index (κ2) is 5.66. The SMILES string of the molecule is CSc1nn(Cc2ccc(Br)cc2)c(N)c1C(=O)O. The third kappa shape index (κ3) is 2.93. The van der Waals surface area contributed by atoms with E-state index < -0.39 is 5.97 Å². The Morgan fingerprint density at radius 2 is 2.11 bits per heavy atom. The van der Waals surface area contributed by atoms with Gasteiger partial charge in [-0.15, -0.1) is 11.8 Å². The Hall–Kier alpha value is -1.47. The van der Waals surface area contributed by atoms with Gasteiger partial charge in [-0.1, -0.05) is 28.1 Å². The van der Waals surface area contributed by atoms with Crippen LogP contribution >= 0.6 is 27.7 Å². The molecule has 1 aromatic heterocycles. The van der Waals surface area contributed by atoms with Gasteiger partial charge in [-0.05, 0) is 24.0 Å². The van der Waals surface area contributed by atoms with Crippen molar-refractivity contribution in [3.8, 4) is 0 Å². The molecular weight excluding hydrogens is 330 g/mol. The Morgan fingerprint density at radius 1 is 1.47 bits per heavy atom. The summed E-state index contributed by atoms with van der Waals surface area (Å²) in [5.41, 5.74) is 6.93. The molecule has 0 spiro atoms. The van der Waals surface area contributed by atoms with Crippen LogP contribution in [0.5, 0.6) is 0 Å². The smallest absolute Gasteiger partial charge is 0.342 e. The van der Waals surface area contributed by atoms with E-state index in [1.165, 1.54) is 16.4 Å². The molecule has 0 saturated heterocycles. The van der Waals surface area contributed by atoms with E-state index in [1.54, 1.807) is 6.26 Å². The number of carboxylic acids is 1. The van der Waals surface area contributed by atoms with E-state index in [0.29, 0.717) is 11.6 Å². The van der Waals surface area contributed by atoms with Crippen molar-refractivity contribution < 1.29 is 9.90 Å². The molecule has 5 nitrogen and oxygen atoms in total.